The summed E-state index contributed by atoms with van der Waals surface area (Å²) in [5, 5.41) is 7.51. The molecule has 1 aliphatic heterocycles. The topological polar surface area (TPSA) is 82.2 Å². The predicted molar refractivity (Wildman–Crippen MR) is 93.2 cm³/mol. The van der Waals surface area contributed by atoms with Gasteiger partial charge in [0.2, 0.25) is 5.91 Å². The van der Waals surface area contributed by atoms with Crippen LogP contribution in [0.5, 0.6) is 0 Å². The Balaban J connectivity index is 1.82. The van der Waals surface area contributed by atoms with Gasteiger partial charge in [-0.3, -0.25) is 4.79 Å². The zero-order chi connectivity index (χ0) is 17.2. The van der Waals surface area contributed by atoms with E-state index in [1.165, 1.54) is 0 Å². The highest BCUT2D eigenvalue weighted by Gasteiger charge is 2.38. The number of nitrogens with two attached hydrogens (primary N) is 1. The Labute approximate surface area is 142 Å². The molecule has 0 bridgehead atoms. The van der Waals surface area contributed by atoms with E-state index < -0.39 is 5.41 Å². The molecule has 0 spiro atoms. The van der Waals surface area contributed by atoms with Gasteiger partial charge in [0.15, 0.2) is 0 Å². The van der Waals surface area contributed by atoms with E-state index in [-0.39, 0.29) is 5.91 Å². The number of nitrogens with one attached hydrogen (secondary N) is 1. The normalized spacial score (nSPS) is 16.8. The average Bonchev–Trinajstić information content (AvgIpc) is 2.94. The summed E-state index contributed by atoms with van der Waals surface area (Å²) >= 11 is 0. The molecule has 0 atom stereocenters. The van der Waals surface area contributed by atoms with E-state index in [0.29, 0.717) is 32.6 Å². The molecule has 0 radical (unpaired) electrons. The summed E-state index contributed by atoms with van der Waals surface area (Å²) in [5.74, 6) is -0.0289. The molecule has 1 aromatic heterocycles. The van der Waals surface area contributed by atoms with Crippen molar-refractivity contribution in [3.8, 4) is 5.69 Å². The van der Waals surface area contributed by atoms with Crippen LogP contribution in [0.3, 0.4) is 0 Å². The molecule has 2 heterocycles. The molecule has 1 aromatic carbocycles. The standard InChI is InChI=1S/C18H24N4O2/c1-13-10-14(2)22(21-13)16-5-3-4-15(11-16)20-17(23)18(12-19)6-8-24-9-7-18/h3-5,10-11H,6-9,12,19H2,1-2H3,(H,20,23). The van der Waals surface area contributed by atoms with E-state index >= 15 is 0 Å². The molecule has 1 aliphatic rings. The number of aromatic nitrogens is 2. The maximum Gasteiger partial charge on any atom is 0.232 e. The highest BCUT2D eigenvalue weighted by molar-refractivity contribution is 5.95. The van der Waals surface area contributed by atoms with E-state index in [1.54, 1.807) is 0 Å². The van der Waals surface area contributed by atoms with Crippen LogP contribution in [0.2, 0.25) is 0 Å². The number of hydrogen-bond acceptors (Lipinski definition) is 4. The summed E-state index contributed by atoms with van der Waals surface area (Å²) in [7, 11) is 0. The van der Waals surface area contributed by atoms with E-state index in [2.05, 4.69) is 10.4 Å². The molecule has 24 heavy (non-hydrogen) atoms. The van der Waals surface area contributed by atoms with Crippen molar-refractivity contribution < 1.29 is 9.53 Å². The van der Waals surface area contributed by atoms with Gasteiger partial charge in [-0.05, 0) is 51.0 Å². The van der Waals surface area contributed by atoms with E-state index in [1.807, 2.05) is 48.9 Å². The minimum absolute atomic E-state index is 0.0289. The number of anilines is 1. The van der Waals surface area contributed by atoms with Gasteiger partial charge in [0.05, 0.1) is 16.8 Å². The van der Waals surface area contributed by atoms with Gasteiger partial charge in [0.1, 0.15) is 0 Å². The first kappa shape index (κ1) is 16.7. The zero-order valence-electron chi connectivity index (χ0n) is 14.2. The van der Waals surface area contributed by atoms with Gasteiger partial charge < -0.3 is 15.8 Å². The Morgan fingerprint density at radius 3 is 2.71 bits per heavy atom. The van der Waals surface area contributed by atoms with Gasteiger partial charge >= 0.3 is 0 Å². The van der Waals surface area contributed by atoms with Crippen molar-refractivity contribution in [3.05, 3.63) is 41.7 Å². The van der Waals surface area contributed by atoms with Gasteiger partial charge in [-0.25, -0.2) is 4.68 Å². The van der Waals surface area contributed by atoms with Crippen LogP contribution in [0.4, 0.5) is 5.69 Å². The van der Waals surface area contributed by atoms with Crippen LogP contribution < -0.4 is 11.1 Å². The summed E-state index contributed by atoms with van der Waals surface area (Å²) < 4.78 is 7.25. The number of hydrogen-bond donors (Lipinski definition) is 2. The van der Waals surface area contributed by atoms with Gasteiger partial charge in [-0.2, -0.15) is 5.10 Å². The summed E-state index contributed by atoms with van der Waals surface area (Å²) in [6, 6.07) is 9.73. The Kier molecular flexibility index (Phi) is 4.69. The van der Waals surface area contributed by atoms with Crippen LogP contribution in [-0.2, 0) is 9.53 Å². The van der Waals surface area contributed by atoms with Crippen LogP contribution in [0.15, 0.2) is 30.3 Å². The van der Waals surface area contributed by atoms with Crippen molar-refractivity contribution in [2.24, 2.45) is 11.1 Å². The first-order valence-corrected chi connectivity index (χ1v) is 8.27. The second-order valence-corrected chi connectivity index (χ2v) is 6.44. The van der Waals surface area contributed by atoms with Gasteiger partial charge in [-0.1, -0.05) is 6.07 Å². The van der Waals surface area contributed by atoms with Crippen molar-refractivity contribution in [3.63, 3.8) is 0 Å². The highest BCUT2D eigenvalue weighted by atomic mass is 16.5. The molecule has 2 aromatic rings. The van der Waals surface area contributed by atoms with E-state index in [0.717, 1.165) is 22.8 Å². The predicted octanol–water partition coefficient (Wildman–Crippen LogP) is 2.18. The molecule has 6 heteroatoms. The molecule has 1 amide bonds. The van der Waals surface area contributed by atoms with Gasteiger partial charge in [0, 0.05) is 31.1 Å². The highest BCUT2D eigenvalue weighted by Crippen LogP contribution is 2.31. The van der Waals surface area contributed by atoms with E-state index in [4.69, 9.17) is 10.5 Å². The Morgan fingerprint density at radius 1 is 1.33 bits per heavy atom. The molecule has 3 rings (SSSR count). The number of nitrogens with zero attached hydrogens (tertiary/aromatic N) is 2. The second-order valence-electron chi connectivity index (χ2n) is 6.44. The summed E-state index contributed by atoms with van der Waals surface area (Å²) in [4.78, 5) is 12.8. The van der Waals surface area contributed by atoms with Crippen LogP contribution in [0.1, 0.15) is 24.2 Å². The van der Waals surface area contributed by atoms with Crippen LogP contribution in [-0.4, -0.2) is 35.4 Å². The van der Waals surface area contributed by atoms with Crippen molar-refractivity contribution in [2.75, 3.05) is 25.1 Å². The van der Waals surface area contributed by atoms with Crippen LogP contribution in [0.25, 0.3) is 5.69 Å². The number of rotatable bonds is 4. The van der Waals surface area contributed by atoms with Crippen molar-refractivity contribution in [1.82, 2.24) is 9.78 Å². The molecule has 3 N–H and O–H groups in total. The number of benzene rings is 1. The molecule has 1 fully saturated rings. The summed E-state index contributed by atoms with van der Waals surface area (Å²) in [6.45, 7) is 5.47. The molecule has 0 aliphatic carbocycles. The van der Waals surface area contributed by atoms with E-state index in [9.17, 15) is 4.79 Å². The number of carbonyl (C=O) groups excluding carboxylic acids is 1. The first-order valence-electron chi connectivity index (χ1n) is 8.27. The fourth-order valence-electron chi connectivity index (χ4n) is 3.16. The third kappa shape index (κ3) is 3.20. The monoisotopic (exact) mass is 328 g/mol. The molecule has 1 saturated heterocycles. The van der Waals surface area contributed by atoms with Crippen molar-refractivity contribution in [2.45, 2.75) is 26.7 Å². The Hall–Kier alpha value is -2.18. The fourth-order valence-corrected chi connectivity index (χ4v) is 3.16. The number of aryl methyl sites for hydroxylation is 2. The third-order valence-electron chi connectivity index (χ3n) is 4.68. The molecule has 128 valence electrons. The summed E-state index contributed by atoms with van der Waals surface area (Å²) in [6.07, 6.45) is 1.32. The lowest BCUT2D eigenvalue weighted by Crippen LogP contribution is -2.46. The van der Waals surface area contributed by atoms with Crippen LogP contribution in [0, 0.1) is 19.3 Å². The quantitative estimate of drug-likeness (QED) is 0.901. The molecular weight excluding hydrogens is 304 g/mol. The zero-order valence-corrected chi connectivity index (χ0v) is 14.2. The maximum absolute atomic E-state index is 12.8. The average molecular weight is 328 g/mol. The Morgan fingerprint density at radius 2 is 2.08 bits per heavy atom. The maximum atomic E-state index is 12.8. The number of carbonyl (C=O) groups is 1. The first-order chi connectivity index (χ1) is 11.5. The lowest BCUT2D eigenvalue weighted by molar-refractivity contribution is -0.130. The van der Waals surface area contributed by atoms with Gasteiger partial charge in [0.25, 0.3) is 0 Å². The minimum atomic E-state index is -0.535. The minimum Gasteiger partial charge on any atom is -0.381 e. The fraction of sp³-hybridized carbons (Fsp3) is 0.444. The second kappa shape index (κ2) is 6.75. The van der Waals surface area contributed by atoms with Crippen molar-refractivity contribution >= 4 is 11.6 Å². The third-order valence-corrected chi connectivity index (χ3v) is 4.68. The smallest absolute Gasteiger partial charge is 0.232 e. The molecule has 6 nitrogen and oxygen atoms in total. The van der Waals surface area contributed by atoms with Crippen LogP contribution >= 0.6 is 0 Å². The molecular formula is C18H24N4O2. The Bertz CT molecular complexity index is 732. The SMILES string of the molecule is Cc1cc(C)n(-c2cccc(NC(=O)C3(CN)CCOCC3)c2)n1. The lowest BCUT2D eigenvalue weighted by atomic mass is 9.79. The van der Waals surface area contributed by atoms with Gasteiger partial charge in [-0.15, -0.1) is 0 Å². The largest absolute Gasteiger partial charge is 0.381 e. The lowest BCUT2D eigenvalue weighted by Gasteiger charge is -2.34. The molecule has 0 saturated carbocycles. The van der Waals surface area contributed by atoms with Crippen molar-refractivity contribution in [1.29, 1.82) is 0 Å². The number of ether oxygens (including phenoxy) is 1. The number of amides is 1. The summed E-state index contributed by atoms with van der Waals surface area (Å²) in [5.41, 5.74) is 9.07. The molecule has 0 unspecified atom stereocenters.